The highest BCUT2D eigenvalue weighted by Gasteiger charge is 2.19. The van der Waals surface area contributed by atoms with Gasteiger partial charge in [0.05, 0.1) is 0 Å². The van der Waals surface area contributed by atoms with Crippen LogP contribution in [0.4, 0.5) is 4.39 Å². The van der Waals surface area contributed by atoms with Gasteiger partial charge in [-0.25, -0.2) is 4.39 Å². The van der Waals surface area contributed by atoms with Gasteiger partial charge in [0, 0.05) is 28.6 Å². The number of aromatic nitrogens is 1. The van der Waals surface area contributed by atoms with E-state index < -0.39 is 0 Å². The molecule has 0 spiro atoms. The number of nitrogens with two attached hydrogens (primary N) is 1. The molecule has 1 aromatic carbocycles. The average Bonchev–Trinajstić information content (AvgIpc) is 2.47. The van der Waals surface area contributed by atoms with E-state index in [-0.39, 0.29) is 17.1 Å². The quantitative estimate of drug-likeness (QED) is 0.844. The molecule has 0 aliphatic carbocycles. The van der Waals surface area contributed by atoms with Crippen molar-refractivity contribution >= 4 is 11.8 Å². The molecular weight excluding hydrogens is 259 g/mol. The van der Waals surface area contributed by atoms with Gasteiger partial charge in [-0.05, 0) is 48.4 Å². The Bertz CT molecular complexity index is 501. The van der Waals surface area contributed by atoms with Gasteiger partial charge in [-0.15, -0.1) is 11.8 Å². The number of rotatable bonds is 5. The van der Waals surface area contributed by atoms with Crippen LogP contribution in [0.25, 0.3) is 0 Å². The molecule has 100 valence electrons. The minimum Gasteiger partial charge on any atom is -0.326 e. The molecule has 0 fully saturated rings. The third kappa shape index (κ3) is 3.78. The number of benzene rings is 1. The lowest BCUT2D eigenvalue weighted by molar-refractivity contribution is 0.625. The van der Waals surface area contributed by atoms with Crippen molar-refractivity contribution in [3.8, 4) is 0 Å². The summed E-state index contributed by atoms with van der Waals surface area (Å²) in [5, 5.41) is 0.151. The molecule has 2 aromatic rings. The summed E-state index contributed by atoms with van der Waals surface area (Å²) >= 11 is 1.66. The van der Waals surface area contributed by atoms with E-state index in [0.29, 0.717) is 0 Å². The summed E-state index contributed by atoms with van der Waals surface area (Å²) in [5.41, 5.74) is 7.36. The highest BCUT2D eigenvalue weighted by atomic mass is 32.2. The van der Waals surface area contributed by atoms with Gasteiger partial charge >= 0.3 is 0 Å². The number of thioether (sulfide) groups is 1. The zero-order chi connectivity index (χ0) is 13.7. The summed E-state index contributed by atoms with van der Waals surface area (Å²) in [4.78, 5) is 5.05. The molecule has 2 atom stereocenters. The van der Waals surface area contributed by atoms with Gasteiger partial charge in [-0.3, -0.25) is 4.98 Å². The highest BCUT2D eigenvalue weighted by Crippen LogP contribution is 2.37. The van der Waals surface area contributed by atoms with E-state index in [9.17, 15) is 4.39 Å². The fourth-order valence-corrected chi connectivity index (χ4v) is 3.08. The van der Waals surface area contributed by atoms with Crippen LogP contribution < -0.4 is 5.73 Å². The molecule has 2 unspecified atom stereocenters. The number of hydrogen-bond acceptors (Lipinski definition) is 3. The van der Waals surface area contributed by atoms with Crippen LogP contribution >= 0.6 is 11.8 Å². The molecule has 0 saturated carbocycles. The maximum atomic E-state index is 12.9. The van der Waals surface area contributed by atoms with Crippen LogP contribution in [-0.2, 0) is 0 Å². The predicted octanol–water partition coefficient (Wildman–Crippen LogP) is 3.79. The van der Waals surface area contributed by atoms with Crippen LogP contribution in [0.3, 0.4) is 0 Å². The van der Waals surface area contributed by atoms with Gasteiger partial charge in [0.2, 0.25) is 0 Å². The van der Waals surface area contributed by atoms with Gasteiger partial charge in [0.1, 0.15) is 5.82 Å². The van der Waals surface area contributed by atoms with E-state index in [0.717, 1.165) is 16.9 Å². The van der Waals surface area contributed by atoms with Crippen molar-refractivity contribution < 1.29 is 4.39 Å². The summed E-state index contributed by atoms with van der Waals surface area (Å²) in [6.45, 7) is 2.07. The normalized spacial score (nSPS) is 14.1. The van der Waals surface area contributed by atoms with E-state index in [4.69, 9.17) is 5.73 Å². The zero-order valence-corrected chi connectivity index (χ0v) is 11.6. The SMILES string of the molecule is CCC(N)C(Sc1ccc(F)cc1)c1ccncc1. The first-order chi connectivity index (χ1) is 9.20. The smallest absolute Gasteiger partial charge is 0.123 e. The third-order valence-corrected chi connectivity index (χ3v) is 4.39. The standard InChI is InChI=1S/C15H17FN2S/c1-2-14(17)15(11-7-9-18-10-8-11)19-13-5-3-12(16)4-6-13/h3-10,14-15H,2,17H2,1H3. The number of pyridine rings is 1. The van der Waals surface area contributed by atoms with Gasteiger partial charge in [-0.1, -0.05) is 6.92 Å². The highest BCUT2D eigenvalue weighted by molar-refractivity contribution is 7.99. The molecule has 2 rings (SSSR count). The Balaban J connectivity index is 2.21. The number of halogens is 1. The maximum absolute atomic E-state index is 12.9. The molecule has 0 amide bonds. The van der Waals surface area contributed by atoms with Gasteiger partial charge in [-0.2, -0.15) is 0 Å². The summed E-state index contributed by atoms with van der Waals surface area (Å²) in [5.74, 6) is -0.218. The molecule has 0 radical (unpaired) electrons. The van der Waals surface area contributed by atoms with Crippen LogP contribution in [0.2, 0.25) is 0 Å². The summed E-state index contributed by atoms with van der Waals surface area (Å²) < 4.78 is 12.9. The van der Waals surface area contributed by atoms with Crippen LogP contribution in [0.5, 0.6) is 0 Å². The Morgan fingerprint density at radius 1 is 1.16 bits per heavy atom. The monoisotopic (exact) mass is 276 g/mol. The van der Waals surface area contributed by atoms with Crippen molar-refractivity contribution in [3.05, 3.63) is 60.2 Å². The van der Waals surface area contributed by atoms with E-state index in [1.807, 2.05) is 12.1 Å². The molecule has 0 bridgehead atoms. The fraction of sp³-hybridized carbons (Fsp3) is 0.267. The molecular formula is C15H17FN2S. The van der Waals surface area contributed by atoms with E-state index in [1.165, 1.54) is 12.1 Å². The van der Waals surface area contributed by atoms with Crippen molar-refractivity contribution in [2.45, 2.75) is 29.5 Å². The first-order valence-corrected chi connectivity index (χ1v) is 7.16. The van der Waals surface area contributed by atoms with Crippen LogP contribution in [0.15, 0.2) is 53.7 Å². The summed E-state index contributed by atoms with van der Waals surface area (Å²) in [7, 11) is 0. The van der Waals surface area contributed by atoms with E-state index >= 15 is 0 Å². The third-order valence-electron chi connectivity index (χ3n) is 2.97. The minimum absolute atomic E-state index is 0.0532. The zero-order valence-electron chi connectivity index (χ0n) is 10.8. The number of nitrogens with zero attached hydrogens (tertiary/aromatic N) is 1. The molecule has 2 N–H and O–H groups in total. The Kier molecular flexibility index (Phi) is 4.93. The minimum atomic E-state index is -0.218. The predicted molar refractivity (Wildman–Crippen MR) is 77.5 cm³/mol. The van der Waals surface area contributed by atoms with Crippen molar-refractivity contribution in [1.29, 1.82) is 0 Å². The van der Waals surface area contributed by atoms with E-state index in [1.54, 1.807) is 36.3 Å². The van der Waals surface area contributed by atoms with Crippen molar-refractivity contribution in [2.24, 2.45) is 5.73 Å². The van der Waals surface area contributed by atoms with Crippen LogP contribution in [-0.4, -0.2) is 11.0 Å². The van der Waals surface area contributed by atoms with Crippen LogP contribution in [0.1, 0.15) is 24.2 Å². The largest absolute Gasteiger partial charge is 0.326 e. The molecule has 4 heteroatoms. The topological polar surface area (TPSA) is 38.9 Å². The molecule has 0 aliphatic heterocycles. The van der Waals surface area contributed by atoms with Crippen molar-refractivity contribution in [2.75, 3.05) is 0 Å². The van der Waals surface area contributed by atoms with Crippen molar-refractivity contribution in [3.63, 3.8) is 0 Å². The molecule has 19 heavy (non-hydrogen) atoms. The summed E-state index contributed by atoms with van der Waals surface area (Å²) in [6, 6.07) is 10.5. The molecule has 1 heterocycles. The molecule has 2 nitrogen and oxygen atoms in total. The molecule has 0 aliphatic rings. The second-order valence-electron chi connectivity index (χ2n) is 4.35. The first-order valence-electron chi connectivity index (χ1n) is 6.28. The van der Waals surface area contributed by atoms with Gasteiger partial charge < -0.3 is 5.73 Å². The second-order valence-corrected chi connectivity index (χ2v) is 5.56. The lowest BCUT2D eigenvalue weighted by Crippen LogP contribution is -2.25. The molecule has 0 saturated heterocycles. The Morgan fingerprint density at radius 2 is 1.79 bits per heavy atom. The molecule has 1 aromatic heterocycles. The van der Waals surface area contributed by atoms with Gasteiger partial charge in [0.25, 0.3) is 0 Å². The van der Waals surface area contributed by atoms with E-state index in [2.05, 4.69) is 11.9 Å². The summed E-state index contributed by atoms with van der Waals surface area (Å²) in [6.07, 6.45) is 4.44. The Labute approximate surface area is 117 Å². The lowest BCUT2D eigenvalue weighted by atomic mass is 10.1. The second kappa shape index (κ2) is 6.68. The van der Waals surface area contributed by atoms with Crippen LogP contribution in [0, 0.1) is 5.82 Å². The van der Waals surface area contributed by atoms with Crippen molar-refractivity contribution in [1.82, 2.24) is 4.98 Å². The average molecular weight is 276 g/mol. The first kappa shape index (κ1) is 14.0. The Hall–Kier alpha value is -1.39. The Morgan fingerprint density at radius 3 is 2.37 bits per heavy atom. The fourth-order valence-electron chi connectivity index (χ4n) is 1.83. The maximum Gasteiger partial charge on any atom is 0.123 e. The lowest BCUT2D eigenvalue weighted by Gasteiger charge is -2.22. The van der Waals surface area contributed by atoms with Gasteiger partial charge in [0.15, 0.2) is 0 Å². The number of hydrogen-bond donors (Lipinski definition) is 1.